The number of hydrogen-bond acceptors (Lipinski definition) is 4. The maximum atomic E-state index is 5.51. The third kappa shape index (κ3) is 0.689. The first-order valence-corrected chi connectivity index (χ1v) is 3.19. The van der Waals surface area contributed by atoms with E-state index in [4.69, 9.17) is 5.73 Å². The summed E-state index contributed by atoms with van der Waals surface area (Å²) in [7, 11) is 0. The van der Waals surface area contributed by atoms with Crippen LogP contribution in [0.4, 0.5) is 0 Å². The molecule has 0 saturated heterocycles. The average Bonchev–Trinajstić information content (AvgIpc) is 2.33. The standard InChI is InChI=1S/C6H8N4/c7-5-3-9-6-8-1-2-10(6)4-5/h3-4H,1-2,7H2. The van der Waals surface area contributed by atoms with Gasteiger partial charge >= 0.3 is 0 Å². The van der Waals surface area contributed by atoms with Crippen LogP contribution in [0, 0.1) is 0 Å². The Morgan fingerprint density at radius 3 is 3.40 bits per heavy atom. The zero-order chi connectivity index (χ0) is 6.97. The van der Waals surface area contributed by atoms with E-state index in [1.807, 2.05) is 11.1 Å². The number of rotatable bonds is 0. The molecule has 0 unspecified atom stereocenters. The molecule has 0 amide bonds. The van der Waals surface area contributed by atoms with Gasteiger partial charge in [-0.15, -0.1) is 0 Å². The van der Waals surface area contributed by atoms with E-state index in [2.05, 4.69) is 9.98 Å². The predicted octanol–water partition coefficient (Wildman–Crippen LogP) is -0.458. The number of guanidine groups is 1. The Morgan fingerprint density at radius 1 is 1.60 bits per heavy atom. The number of aliphatic imine (C=N–C) groups is 2. The summed E-state index contributed by atoms with van der Waals surface area (Å²) in [5.41, 5.74) is 6.20. The van der Waals surface area contributed by atoms with Gasteiger partial charge in [0.2, 0.25) is 5.96 Å². The second-order valence-electron chi connectivity index (χ2n) is 2.26. The number of fused-ring (bicyclic) bond motifs is 1. The average molecular weight is 136 g/mol. The van der Waals surface area contributed by atoms with Crippen LogP contribution in [0.3, 0.4) is 0 Å². The number of allylic oxidation sites excluding steroid dienone is 1. The predicted molar refractivity (Wildman–Crippen MR) is 39.8 cm³/mol. The van der Waals surface area contributed by atoms with Crippen LogP contribution in [0.15, 0.2) is 21.9 Å². The van der Waals surface area contributed by atoms with Crippen LogP contribution in [0.1, 0.15) is 0 Å². The molecule has 4 heteroatoms. The van der Waals surface area contributed by atoms with Crippen LogP contribution in [0.25, 0.3) is 0 Å². The number of hydrogen-bond donors (Lipinski definition) is 1. The smallest absolute Gasteiger partial charge is 0.224 e. The van der Waals surface area contributed by atoms with Crippen molar-refractivity contribution in [3.63, 3.8) is 0 Å². The first-order valence-electron chi connectivity index (χ1n) is 3.19. The summed E-state index contributed by atoms with van der Waals surface area (Å²) in [5, 5.41) is 0. The molecule has 0 aromatic heterocycles. The van der Waals surface area contributed by atoms with E-state index in [0.717, 1.165) is 19.0 Å². The van der Waals surface area contributed by atoms with Crippen molar-refractivity contribution in [2.75, 3.05) is 13.1 Å². The normalized spacial score (nSPS) is 22.2. The van der Waals surface area contributed by atoms with E-state index in [1.165, 1.54) is 0 Å². The van der Waals surface area contributed by atoms with E-state index in [0.29, 0.717) is 5.70 Å². The SMILES string of the molecule is NC1=CN2CCN=C2N=C1. The Hall–Kier alpha value is -1.32. The van der Waals surface area contributed by atoms with Crippen molar-refractivity contribution >= 4 is 12.2 Å². The van der Waals surface area contributed by atoms with E-state index < -0.39 is 0 Å². The lowest BCUT2D eigenvalue weighted by Crippen LogP contribution is -2.25. The van der Waals surface area contributed by atoms with Crippen molar-refractivity contribution in [2.45, 2.75) is 0 Å². The Balaban J connectivity index is 2.32. The fourth-order valence-electron chi connectivity index (χ4n) is 1.03. The van der Waals surface area contributed by atoms with Gasteiger partial charge < -0.3 is 10.6 Å². The van der Waals surface area contributed by atoms with Crippen molar-refractivity contribution in [3.8, 4) is 0 Å². The Morgan fingerprint density at radius 2 is 2.50 bits per heavy atom. The van der Waals surface area contributed by atoms with Gasteiger partial charge in [-0.3, -0.25) is 0 Å². The maximum Gasteiger partial charge on any atom is 0.224 e. The second kappa shape index (κ2) is 1.83. The molecule has 2 heterocycles. The number of nitrogens with two attached hydrogens (primary N) is 1. The Bertz CT molecular complexity index is 238. The molecule has 0 atom stereocenters. The topological polar surface area (TPSA) is 54.0 Å². The largest absolute Gasteiger partial charge is 0.396 e. The lowest BCUT2D eigenvalue weighted by molar-refractivity contribution is 0.599. The zero-order valence-corrected chi connectivity index (χ0v) is 5.49. The van der Waals surface area contributed by atoms with Crippen LogP contribution >= 0.6 is 0 Å². The minimum atomic E-state index is 0.695. The highest BCUT2D eigenvalue weighted by molar-refractivity contribution is 5.97. The molecular weight excluding hydrogens is 128 g/mol. The molecular formula is C6H8N4. The van der Waals surface area contributed by atoms with Crippen LogP contribution in [-0.4, -0.2) is 30.2 Å². The highest BCUT2D eigenvalue weighted by Crippen LogP contribution is 2.07. The second-order valence-corrected chi connectivity index (χ2v) is 2.26. The molecule has 2 N–H and O–H groups in total. The van der Waals surface area contributed by atoms with Gasteiger partial charge in [0.1, 0.15) is 0 Å². The molecule has 2 aliphatic rings. The van der Waals surface area contributed by atoms with Crippen LogP contribution in [0.2, 0.25) is 0 Å². The highest BCUT2D eigenvalue weighted by Gasteiger charge is 2.15. The molecule has 0 radical (unpaired) electrons. The van der Waals surface area contributed by atoms with Gasteiger partial charge in [0.15, 0.2) is 0 Å². The lowest BCUT2D eigenvalue weighted by atomic mass is 10.4. The molecule has 0 saturated carbocycles. The highest BCUT2D eigenvalue weighted by atomic mass is 15.3. The summed E-state index contributed by atoms with van der Waals surface area (Å²) in [6.45, 7) is 1.74. The summed E-state index contributed by atoms with van der Waals surface area (Å²) in [6.07, 6.45) is 3.49. The molecule has 0 spiro atoms. The maximum absolute atomic E-state index is 5.51. The van der Waals surface area contributed by atoms with E-state index in [-0.39, 0.29) is 0 Å². The summed E-state index contributed by atoms with van der Waals surface area (Å²) < 4.78 is 0. The molecule has 0 aromatic rings. The van der Waals surface area contributed by atoms with Gasteiger partial charge in [-0.05, 0) is 0 Å². The van der Waals surface area contributed by atoms with Crippen molar-refractivity contribution in [1.82, 2.24) is 4.90 Å². The monoisotopic (exact) mass is 136 g/mol. The minimum Gasteiger partial charge on any atom is -0.396 e. The number of nitrogens with zero attached hydrogens (tertiary/aromatic N) is 3. The summed E-state index contributed by atoms with van der Waals surface area (Å²) >= 11 is 0. The van der Waals surface area contributed by atoms with Gasteiger partial charge in [0.05, 0.1) is 18.5 Å². The Labute approximate surface area is 58.8 Å². The van der Waals surface area contributed by atoms with E-state index >= 15 is 0 Å². The molecule has 0 bridgehead atoms. The third-order valence-electron chi connectivity index (χ3n) is 1.49. The molecule has 4 nitrogen and oxygen atoms in total. The van der Waals surface area contributed by atoms with Crippen molar-refractivity contribution in [1.29, 1.82) is 0 Å². The fraction of sp³-hybridized carbons (Fsp3) is 0.333. The molecule has 0 fully saturated rings. The molecule has 52 valence electrons. The van der Waals surface area contributed by atoms with Gasteiger partial charge in [-0.2, -0.15) is 0 Å². The van der Waals surface area contributed by atoms with E-state index in [9.17, 15) is 0 Å². The van der Waals surface area contributed by atoms with Crippen molar-refractivity contribution < 1.29 is 0 Å². The first-order chi connectivity index (χ1) is 4.86. The van der Waals surface area contributed by atoms with Crippen molar-refractivity contribution in [2.24, 2.45) is 15.7 Å². The fourth-order valence-corrected chi connectivity index (χ4v) is 1.03. The minimum absolute atomic E-state index is 0.695. The summed E-state index contributed by atoms with van der Waals surface area (Å²) in [6, 6.07) is 0. The van der Waals surface area contributed by atoms with Gasteiger partial charge in [0.25, 0.3) is 0 Å². The molecule has 2 rings (SSSR count). The van der Waals surface area contributed by atoms with Crippen LogP contribution in [0.5, 0.6) is 0 Å². The first kappa shape index (κ1) is 5.46. The van der Waals surface area contributed by atoms with Crippen LogP contribution < -0.4 is 5.73 Å². The molecule has 10 heavy (non-hydrogen) atoms. The molecule has 0 aromatic carbocycles. The van der Waals surface area contributed by atoms with Gasteiger partial charge in [-0.25, -0.2) is 9.98 Å². The Kier molecular flexibility index (Phi) is 1.00. The third-order valence-corrected chi connectivity index (χ3v) is 1.49. The quantitative estimate of drug-likeness (QED) is 0.490. The molecule has 2 aliphatic heterocycles. The summed E-state index contributed by atoms with van der Waals surface area (Å²) in [5.74, 6) is 0.786. The van der Waals surface area contributed by atoms with Crippen molar-refractivity contribution in [3.05, 3.63) is 11.9 Å². The lowest BCUT2D eigenvalue weighted by Gasteiger charge is -2.15. The zero-order valence-electron chi connectivity index (χ0n) is 5.49. The van der Waals surface area contributed by atoms with Crippen LogP contribution in [-0.2, 0) is 0 Å². The summed E-state index contributed by atoms with van der Waals surface area (Å²) in [4.78, 5) is 10.1. The molecule has 0 aliphatic carbocycles. The van der Waals surface area contributed by atoms with Gasteiger partial charge in [-0.1, -0.05) is 0 Å². The van der Waals surface area contributed by atoms with E-state index in [1.54, 1.807) is 6.21 Å². The van der Waals surface area contributed by atoms with Gasteiger partial charge in [0, 0.05) is 12.7 Å².